The number of para-hydroxylation sites is 1. The fourth-order valence-corrected chi connectivity index (χ4v) is 1.36. The zero-order valence-corrected chi connectivity index (χ0v) is 9.97. The number of halogens is 1. The SMILES string of the molecule is O=C(O)CCOCCNc1cccc(F)c1[N+](=O)[O-]. The summed E-state index contributed by atoms with van der Waals surface area (Å²) in [5.41, 5.74) is -0.556. The number of hydrogen-bond acceptors (Lipinski definition) is 5. The van der Waals surface area contributed by atoms with E-state index in [0.717, 1.165) is 6.07 Å². The van der Waals surface area contributed by atoms with Crippen molar-refractivity contribution in [2.45, 2.75) is 6.42 Å². The highest BCUT2D eigenvalue weighted by Crippen LogP contribution is 2.26. The number of nitrogens with zero attached hydrogens (tertiary/aromatic N) is 1. The Bertz CT molecular complexity index is 466. The van der Waals surface area contributed by atoms with Crippen LogP contribution in [0, 0.1) is 15.9 Å². The van der Waals surface area contributed by atoms with E-state index in [4.69, 9.17) is 9.84 Å². The molecule has 0 aliphatic rings. The lowest BCUT2D eigenvalue weighted by Crippen LogP contribution is -2.12. The topological polar surface area (TPSA) is 102 Å². The van der Waals surface area contributed by atoms with Crippen molar-refractivity contribution in [2.24, 2.45) is 0 Å². The fraction of sp³-hybridized carbons (Fsp3) is 0.364. The minimum absolute atomic E-state index is 0.0578. The summed E-state index contributed by atoms with van der Waals surface area (Å²) in [4.78, 5) is 20.1. The predicted octanol–water partition coefficient (Wildman–Crippen LogP) is 1.64. The molecule has 0 atom stereocenters. The molecule has 0 spiro atoms. The molecule has 0 radical (unpaired) electrons. The van der Waals surface area contributed by atoms with Crippen molar-refractivity contribution in [2.75, 3.05) is 25.1 Å². The Balaban J connectivity index is 2.43. The molecule has 0 saturated carbocycles. The maximum Gasteiger partial charge on any atom is 0.327 e. The standard InChI is InChI=1S/C11H13FN2O5/c12-8-2-1-3-9(11(8)14(17)18)13-5-7-19-6-4-10(15)16/h1-3,13H,4-7H2,(H,15,16). The number of rotatable bonds is 8. The van der Waals surface area contributed by atoms with Gasteiger partial charge in [0.05, 0.1) is 24.6 Å². The number of aliphatic carboxylic acids is 1. The molecule has 19 heavy (non-hydrogen) atoms. The van der Waals surface area contributed by atoms with Gasteiger partial charge in [-0.25, -0.2) is 0 Å². The molecular weight excluding hydrogens is 259 g/mol. The van der Waals surface area contributed by atoms with Gasteiger partial charge in [-0.1, -0.05) is 6.07 Å². The highest BCUT2D eigenvalue weighted by molar-refractivity contribution is 5.66. The summed E-state index contributed by atoms with van der Waals surface area (Å²) in [5, 5.41) is 21.7. The number of nitrogens with one attached hydrogen (secondary N) is 1. The Morgan fingerprint density at radius 2 is 2.21 bits per heavy atom. The van der Waals surface area contributed by atoms with E-state index in [-0.39, 0.29) is 31.9 Å². The van der Waals surface area contributed by atoms with Crippen LogP contribution in [-0.4, -0.2) is 35.8 Å². The average Bonchev–Trinajstić information content (AvgIpc) is 2.32. The minimum atomic E-state index is -0.964. The predicted molar refractivity (Wildman–Crippen MR) is 64.6 cm³/mol. The summed E-state index contributed by atoms with van der Waals surface area (Å²) in [6.45, 7) is 0.438. The number of ether oxygens (including phenoxy) is 1. The summed E-state index contributed by atoms with van der Waals surface area (Å²) in [7, 11) is 0. The molecule has 0 aliphatic carbocycles. The number of carboxylic acid groups (broad SMARTS) is 1. The van der Waals surface area contributed by atoms with Crippen molar-refractivity contribution < 1.29 is 24.0 Å². The van der Waals surface area contributed by atoms with Gasteiger partial charge >= 0.3 is 11.7 Å². The zero-order valence-electron chi connectivity index (χ0n) is 9.97. The maximum absolute atomic E-state index is 13.2. The second-order valence-electron chi connectivity index (χ2n) is 3.58. The molecule has 7 nitrogen and oxygen atoms in total. The summed E-state index contributed by atoms with van der Waals surface area (Å²) in [6, 6.07) is 3.75. The first-order valence-electron chi connectivity index (χ1n) is 5.48. The molecule has 0 heterocycles. The van der Waals surface area contributed by atoms with E-state index < -0.39 is 22.4 Å². The van der Waals surface area contributed by atoms with Crippen LogP contribution in [0.15, 0.2) is 18.2 Å². The number of benzene rings is 1. The van der Waals surface area contributed by atoms with Gasteiger partial charge in [0.2, 0.25) is 5.82 Å². The molecular formula is C11H13FN2O5. The van der Waals surface area contributed by atoms with Gasteiger partial charge in [0.1, 0.15) is 5.69 Å². The minimum Gasteiger partial charge on any atom is -0.481 e. The molecule has 1 aromatic carbocycles. The van der Waals surface area contributed by atoms with Crippen LogP contribution in [0.5, 0.6) is 0 Å². The fourth-order valence-electron chi connectivity index (χ4n) is 1.36. The van der Waals surface area contributed by atoms with Crippen molar-refractivity contribution in [1.82, 2.24) is 0 Å². The van der Waals surface area contributed by atoms with Crippen LogP contribution in [0.4, 0.5) is 15.8 Å². The maximum atomic E-state index is 13.2. The molecule has 0 aliphatic heterocycles. The average molecular weight is 272 g/mol. The van der Waals surface area contributed by atoms with Crippen LogP contribution in [0.1, 0.15) is 6.42 Å². The third-order valence-corrected chi connectivity index (χ3v) is 2.19. The monoisotopic (exact) mass is 272 g/mol. The molecule has 0 aromatic heterocycles. The number of nitro benzene ring substituents is 1. The largest absolute Gasteiger partial charge is 0.481 e. The first kappa shape index (κ1) is 14.8. The van der Waals surface area contributed by atoms with E-state index in [1.54, 1.807) is 0 Å². The molecule has 0 unspecified atom stereocenters. The molecule has 1 rings (SSSR count). The van der Waals surface area contributed by atoms with Gasteiger partial charge in [0.15, 0.2) is 0 Å². The molecule has 0 fully saturated rings. The van der Waals surface area contributed by atoms with Gasteiger partial charge in [-0.15, -0.1) is 0 Å². The highest BCUT2D eigenvalue weighted by Gasteiger charge is 2.19. The Morgan fingerprint density at radius 1 is 1.47 bits per heavy atom. The number of anilines is 1. The van der Waals surface area contributed by atoms with E-state index in [1.165, 1.54) is 12.1 Å². The lowest BCUT2D eigenvalue weighted by atomic mass is 10.2. The molecule has 8 heteroatoms. The van der Waals surface area contributed by atoms with Gasteiger partial charge in [0, 0.05) is 6.54 Å². The van der Waals surface area contributed by atoms with Gasteiger partial charge in [-0.2, -0.15) is 4.39 Å². The summed E-state index contributed by atoms with van der Waals surface area (Å²) in [6.07, 6.45) is -0.111. The van der Waals surface area contributed by atoms with E-state index in [1.807, 2.05) is 0 Å². The first-order valence-corrected chi connectivity index (χ1v) is 5.48. The zero-order chi connectivity index (χ0) is 14.3. The number of hydrogen-bond donors (Lipinski definition) is 2. The van der Waals surface area contributed by atoms with Crippen molar-refractivity contribution in [1.29, 1.82) is 0 Å². The van der Waals surface area contributed by atoms with Crippen LogP contribution in [0.3, 0.4) is 0 Å². The molecule has 2 N–H and O–H groups in total. The van der Waals surface area contributed by atoms with Gasteiger partial charge in [0.25, 0.3) is 0 Å². The molecule has 1 aromatic rings. The van der Waals surface area contributed by atoms with E-state index in [2.05, 4.69) is 5.32 Å². The van der Waals surface area contributed by atoms with Crippen molar-refractivity contribution >= 4 is 17.3 Å². The van der Waals surface area contributed by atoms with Gasteiger partial charge in [-0.3, -0.25) is 14.9 Å². The lowest BCUT2D eigenvalue weighted by Gasteiger charge is -2.07. The number of carbonyl (C=O) groups is 1. The Labute approximate surface area is 108 Å². The first-order chi connectivity index (χ1) is 9.02. The van der Waals surface area contributed by atoms with Crippen LogP contribution >= 0.6 is 0 Å². The Morgan fingerprint density at radius 3 is 2.84 bits per heavy atom. The van der Waals surface area contributed by atoms with E-state index in [9.17, 15) is 19.3 Å². The molecule has 104 valence electrons. The normalized spacial score (nSPS) is 10.2. The van der Waals surface area contributed by atoms with Crippen LogP contribution in [0.25, 0.3) is 0 Å². The number of nitro groups is 1. The van der Waals surface area contributed by atoms with E-state index >= 15 is 0 Å². The lowest BCUT2D eigenvalue weighted by molar-refractivity contribution is -0.386. The van der Waals surface area contributed by atoms with Crippen molar-refractivity contribution in [3.05, 3.63) is 34.1 Å². The Hall–Kier alpha value is -2.22. The highest BCUT2D eigenvalue weighted by atomic mass is 19.1. The second kappa shape index (κ2) is 7.27. The third kappa shape index (κ3) is 4.88. The van der Waals surface area contributed by atoms with Crippen LogP contribution in [0.2, 0.25) is 0 Å². The smallest absolute Gasteiger partial charge is 0.327 e. The van der Waals surface area contributed by atoms with Crippen LogP contribution in [-0.2, 0) is 9.53 Å². The van der Waals surface area contributed by atoms with Gasteiger partial charge < -0.3 is 15.2 Å². The molecule has 0 saturated heterocycles. The molecule has 0 bridgehead atoms. The van der Waals surface area contributed by atoms with E-state index in [0.29, 0.717) is 0 Å². The molecule has 0 amide bonds. The summed E-state index contributed by atoms with van der Waals surface area (Å²) >= 11 is 0. The van der Waals surface area contributed by atoms with Gasteiger partial charge in [-0.05, 0) is 12.1 Å². The van der Waals surface area contributed by atoms with Crippen molar-refractivity contribution in [3.8, 4) is 0 Å². The quantitative estimate of drug-likeness (QED) is 0.423. The van der Waals surface area contributed by atoms with Crippen molar-refractivity contribution in [3.63, 3.8) is 0 Å². The number of carboxylic acids is 1. The summed E-state index contributed by atoms with van der Waals surface area (Å²) in [5.74, 6) is -1.88. The third-order valence-electron chi connectivity index (χ3n) is 2.19. The second-order valence-corrected chi connectivity index (χ2v) is 3.58. The van der Waals surface area contributed by atoms with Crippen LogP contribution < -0.4 is 5.32 Å². The Kier molecular flexibility index (Phi) is 5.68. The summed E-state index contributed by atoms with van der Waals surface area (Å²) < 4.78 is 18.2.